The zero-order valence-corrected chi connectivity index (χ0v) is 13.8. The smallest absolute Gasteiger partial charge is 0.0777 e. The lowest BCUT2D eigenvalue weighted by Gasteiger charge is -2.09. The molecule has 0 radical (unpaired) electrons. The Labute approximate surface area is 146 Å². The van der Waals surface area contributed by atoms with Gasteiger partial charge in [0.2, 0.25) is 0 Å². The van der Waals surface area contributed by atoms with Crippen molar-refractivity contribution in [2.75, 3.05) is 0 Å². The molecule has 0 aliphatic carbocycles. The van der Waals surface area contributed by atoms with Crippen LogP contribution in [0.4, 0.5) is 0 Å². The van der Waals surface area contributed by atoms with Crippen molar-refractivity contribution in [3.05, 3.63) is 79.0 Å². The molecule has 1 N–H and O–H groups in total. The van der Waals surface area contributed by atoms with Gasteiger partial charge in [0, 0.05) is 17.0 Å². The molecule has 3 aromatic carbocycles. The maximum Gasteiger partial charge on any atom is 0.0777 e. The molecule has 0 unspecified atom stereocenters. The maximum absolute atomic E-state index is 8.60. The van der Waals surface area contributed by atoms with Crippen molar-refractivity contribution in [1.82, 2.24) is 4.98 Å². The van der Waals surface area contributed by atoms with E-state index in [9.17, 15) is 0 Å². The summed E-state index contributed by atoms with van der Waals surface area (Å²) in [6.07, 6.45) is 1.95. The highest BCUT2D eigenvalue weighted by Gasteiger charge is 2.07. The number of aromatic nitrogens is 1. The summed E-state index contributed by atoms with van der Waals surface area (Å²) < 4.78 is 32.7. The van der Waals surface area contributed by atoms with Crippen molar-refractivity contribution in [3.63, 3.8) is 0 Å². The Balaban J connectivity index is 0.000000324. The minimum Gasteiger partial charge on any atom is -0.256 e. The fraction of sp³-hybridized carbons (Fsp3) is 0. The summed E-state index contributed by atoms with van der Waals surface area (Å²) in [6, 6.07) is 25.3. The second-order valence-electron chi connectivity index (χ2n) is 5.31. The number of hydrogen-bond acceptors (Lipinski definition) is 5. The molecule has 0 bridgehead atoms. The Kier molecular flexibility index (Phi) is 4.94. The number of hydrogen-bond donors (Lipinski definition) is 1. The van der Waals surface area contributed by atoms with Gasteiger partial charge in [-0.25, -0.2) is 0 Å². The Morgan fingerprint density at radius 1 is 0.760 bits per heavy atom. The van der Waals surface area contributed by atoms with Gasteiger partial charge in [0.15, 0.2) is 0 Å². The molecule has 0 aliphatic rings. The lowest BCUT2D eigenvalue weighted by atomic mass is 9.97. The highest BCUT2D eigenvalue weighted by Crippen LogP contribution is 2.32. The Hall–Kier alpha value is -2.54. The molecule has 5 nitrogen and oxygen atoms in total. The summed E-state index contributed by atoms with van der Waals surface area (Å²) in [5, 5.41) is 3.68. The highest BCUT2D eigenvalue weighted by molar-refractivity contribution is 6.12. The van der Waals surface area contributed by atoms with Crippen LogP contribution in [-0.2, 0) is 0 Å². The zero-order valence-electron chi connectivity index (χ0n) is 13.0. The number of pyridine rings is 1. The van der Waals surface area contributed by atoms with E-state index in [1.165, 1.54) is 27.3 Å². The number of halogens is 1. The van der Waals surface area contributed by atoms with Crippen LogP contribution < -0.4 is 14.0 Å². The second kappa shape index (κ2) is 7.14. The van der Waals surface area contributed by atoms with Crippen molar-refractivity contribution in [3.8, 4) is 11.1 Å². The van der Waals surface area contributed by atoms with Crippen molar-refractivity contribution in [2.45, 2.75) is 0 Å². The van der Waals surface area contributed by atoms with Crippen LogP contribution in [0.5, 0.6) is 0 Å². The van der Waals surface area contributed by atoms with Gasteiger partial charge < -0.3 is 0 Å². The van der Waals surface area contributed by atoms with E-state index in [2.05, 4.69) is 71.7 Å². The molecule has 0 fully saturated rings. The van der Waals surface area contributed by atoms with E-state index >= 15 is 0 Å². The second-order valence-corrected chi connectivity index (χ2v) is 6.10. The van der Waals surface area contributed by atoms with Crippen LogP contribution in [-0.4, -0.2) is 9.64 Å². The third-order valence-electron chi connectivity index (χ3n) is 3.70. The van der Waals surface area contributed by atoms with E-state index < -0.39 is 10.2 Å². The Bertz CT molecular complexity index is 994. The third-order valence-corrected chi connectivity index (χ3v) is 3.70. The summed E-state index contributed by atoms with van der Waals surface area (Å²) in [5.74, 6) is 0. The first kappa shape index (κ1) is 17.3. The van der Waals surface area contributed by atoms with E-state index in [0.29, 0.717) is 0 Å². The van der Waals surface area contributed by atoms with Crippen LogP contribution in [0.2, 0.25) is 0 Å². The molecule has 4 rings (SSSR count). The molecule has 0 saturated heterocycles. The summed E-state index contributed by atoms with van der Waals surface area (Å²) in [4.78, 5) is 4.60. The monoisotopic (exact) mass is 355 g/mol. The van der Waals surface area contributed by atoms with E-state index in [1.807, 2.05) is 12.3 Å². The number of rotatable bonds is 1. The van der Waals surface area contributed by atoms with E-state index in [0.717, 1.165) is 5.52 Å². The predicted octanol–water partition coefficient (Wildman–Crippen LogP) is 0.931. The number of fused-ring (bicyclic) bond motifs is 3. The molecule has 0 aliphatic heterocycles. The summed E-state index contributed by atoms with van der Waals surface area (Å²) in [7, 11) is -4.69. The van der Waals surface area contributed by atoms with Crippen molar-refractivity contribution in [2.24, 2.45) is 0 Å². The average Bonchev–Trinajstić information content (AvgIpc) is 2.60. The molecule has 0 spiro atoms. The standard InChI is InChI=1S/C19H13N.ClHO4/c1-2-7-14(8-3-1)16-11-6-12-18-19(16)17-10-5-4-9-15(17)13-20-18;2-1(3,4)5/h1-13H;(H,2,3,4,5). The molecule has 6 heteroatoms. The van der Waals surface area contributed by atoms with Crippen LogP contribution in [0.15, 0.2) is 79.0 Å². The minimum absolute atomic E-state index is 1.05. The maximum atomic E-state index is 8.60. The molecule has 25 heavy (non-hydrogen) atoms. The van der Waals surface area contributed by atoms with Crippen molar-refractivity contribution >= 4 is 21.7 Å². The van der Waals surface area contributed by atoms with Gasteiger partial charge in [-0.1, -0.05) is 66.7 Å². The lowest BCUT2D eigenvalue weighted by Crippen LogP contribution is -2.58. The van der Waals surface area contributed by atoms with Crippen LogP contribution in [0, 0.1) is 10.2 Å². The van der Waals surface area contributed by atoms with E-state index in [1.54, 1.807) is 0 Å². The predicted molar refractivity (Wildman–Crippen MR) is 86.9 cm³/mol. The quantitative estimate of drug-likeness (QED) is 0.512. The van der Waals surface area contributed by atoms with Crippen LogP contribution in [0.3, 0.4) is 0 Å². The van der Waals surface area contributed by atoms with Gasteiger partial charge in [0.05, 0.1) is 20.4 Å². The van der Waals surface area contributed by atoms with Crippen molar-refractivity contribution in [1.29, 1.82) is 0 Å². The SMILES string of the molecule is [O-][Cl+3]([O-])([O-])O.c1ccc(-c2cccc3ncc4ccccc4c23)cc1. The first-order valence-electron chi connectivity index (χ1n) is 7.38. The highest BCUT2D eigenvalue weighted by atomic mass is 35.7. The fourth-order valence-corrected chi connectivity index (χ4v) is 2.77. The molecule has 1 heterocycles. The Morgan fingerprint density at radius 3 is 2.12 bits per heavy atom. The first-order chi connectivity index (χ1) is 11.9. The van der Waals surface area contributed by atoms with E-state index in [-0.39, 0.29) is 0 Å². The first-order valence-corrected chi connectivity index (χ1v) is 8.65. The van der Waals surface area contributed by atoms with Gasteiger partial charge >= 0.3 is 0 Å². The summed E-state index contributed by atoms with van der Waals surface area (Å²) >= 11 is 0. The molecule has 0 saturated carbocycles. The van der Waals surface area contributed by atoms with Crippen molar-refractivity contribution < 1.29 is 28.9 Å². The molecule has 126 valence electrons. The summed E-state index contributed by atoms with van der Waals surface area (Å²) in [6.45, 7) is 0. The van der Waals surface area contributed by atoms with Gasteiger partial charge in [-0.3, -0.25) is 4.98 Å². The molecule has 1 aromatic heterocycles. The minimum atomic E-state index is -4.69. The van der Waals surface area contributed by atoms with Gasteiger partial charge in [0.1, 0.15) is 0 Å². The van der Waals surface area contributed by atoms with Gasteiger partial charge in [-0.05, 0) is 22.6 Å². The van der Waals surface area contributed by atoms with Crippen LogP contribution in [0.25, 0.3) is 32.8 Å². The average molecular weight is 356 g/mol. The largest absolute Gasteiger partial charge is 0.256 e. The van der Waals surface area contributed by atoms with Crippen LogP contribution in [0.1, 0.15) is 0 Å². The van der Waals surface area contributed by atoms with Gasteiger partial charge in [0.25, 0.3) is 0 Å². The lowest BCUT2D eigenvalue weighted by molar-refractivity contribution is -1.92. The van der Waals surface area contributed by atoms with Gasteiger partial charge in [-0.2, -0.15) is 14.0 Å². The normalized spacial score (nSPS) is 11.2. The third kappa shape index (κ3) is 4.30. The van der Waals surface area contributed by atoms with Crippen LogP contribution >= 0.6 is 0 Å². The molecule has 0 amide bonds. The zero-order chi connectivity index (χ0) is 17.9. The number of benzene rings is 3. The fourth-order valence-electron chi connectivity index (χ4n) is 2.77. The Morgan fingerprint density at radius 2 is 1.40 bits per heavy atom. The molecular weight excluding hydrogens is 342 g/mol. The number of nitrogens with zero attached hydrogens (tertiary/aromatic N) is 1. The van der Waals surface area contributed by atoms with Gasteiger partial charge in [-0.15, -0.1) is 0 Å². The topological polar surface area (TPSA) is 102 Å². The molecule has 4 aromatic rings. The molecule has 0 atom stereocenters. The molecular formula is C19H14ClNO4. The summed E-state index contributed by atoms with van der Waals surface area (Å²) in [5.41, 5.74) is 3.52. The van der Waals surface area contributed by atoms with E-state index in [4.69, 9.17) is 18.6 Å².